The molecule has 3 aromatic rings. The fraction of sp³-hybridized carbons (Fsp3) is 0.238. The molecule has 0 unspecified atom stereocenters. The minimum atomic E-state index is -4.54. The summed E-state index contributed by atoms with van der Waals surface area (Å²) in [4.78, 5) is 24.5. The lowest BCUT2D eigenvalue weighted by Gasteiger charge is -2.10. The van der Waals surface area contributed by atoms with Crippen LogP contribution in [0.2, 0.25) is 0 Å². The second-order valence-corrected chi connectivity index (χ2v) is 6.25. The van der Waals surface area contributed by atoms with E-state index in [-0.39, 0.29) is 18.1 Å². The van der Waals surface area contributed by atoms with Crippen LogP contribution in [0.5, 0.6) is 0 Å². The van der Waals surface area contributed by atoms with Crippen molar-refractivity contribution < 1.29 is 36.7 Å². The van der Waals surface area contributed by atoms with Gasteiger partial charge in [0, 0.05) is 23.2 Å². The van der Waals surface area contributed by atoms with E-state index in [9.17, 15) is 22.8 Å². The average Bonchev–Trinajstić information content (AvgIpc) is 3.08. The number of hydrogen-bond donors (Lipinski definition) is 1. The number of carbonyl (C=O) groups excluding carboxylic acids is 2. The number of rotatable bonds is 7. The first-order chi connectivity index (χ1) is 14.3. The van der Waals surface area contributed by atoms with Gasteiger partial charge >= 0.3 is 12.1 Å². The SMILES string of the molecule is CCOCc1c(C(=O)OCC(=O)Nc2cccc(C(F)(F)F)c2)oc2ccccc12. The van der Waals surface area contributed by atoms with Gasteiger partial charge in [-0.25, -0.2) is 4.79 Å². The molecule has 0 fully saturated rings. The van der Waals surface area contributed by atoms with E-state index < -0.39 is 30.2 Å². The van der Waals surface area contributed by atoms with E-state index in [1.807, 2.05) is 0 Å². The van der Waals surface area contributed by atoms with Gasteiger partial charge in [-0.15, -0.1) is 0 Å². The summed E-state index contributed by atoms with van der Waals surface area (Å²) in [6, 6.07) is 11.1. The quantitative estimate of drug-likeness (QED) is 0.556. The van der Waals surface area contributed by atoms with Gasteiger partial charge in [-0.3, -0.25) is 4.79 Å². The maximum absolute atomic E-state index is 12.8. The summed E-state index contributed by atoms with van der Waals surface area (Å²) in [5.41, 5.74) is -0.00455. The molecular weight excluding hydrogens is 403 g/mol. The van der Waals surface area contributed by atoms with Crippen LogP contribution in [-0.4, -0.2) is 25.1 Å². The third kappa shape index (κ3) is 4.98. The number of fused-ring (bicyclic) bond motifs is 1. The van der Waals surface area contributed by atoms with E-state index in [1.54, 1.807) is 31.2 Å². The van der Waals surface area contributed by atoms with Crippen molar-refractivity contribution in [3.8, 4) is 0 Å². The van der Waals surface area contributed by atoms with Crippen molar-refractivity contribution in [3.63, 3.8) is 0 Å². The third-order valence-corrected chi connectivity index (χ3v) is 4.14. The first-order valence-electron chi connectivity index (χ1n) is 9.02. The molecule has 1 heterocycles. The first-order valence-corrected chi connectivity index (χ1v) is 9.02. The van der Waals surface area contributed by atoms with Crippen LogP contribution in [0.1, 0.15) is 28.6 Å². The number of carbonyl (C=O) groups is 2. The number of furan rings is 1. The summed E-state index contributed by atoms with van der Waals surface area (Å²) in [5, 5.41) is 2.95. The molecular formula is C21H18F3NO5. The van der Waals surface area contributed by atoms with Crippen LogP contribution in [0.25, 0.3) is 11.0 Å². The Balaban J connectivity index is 1.68. The fourth-order valence-electron chi connectivity index (χ4n) is 2.78. The number of alkyl halides is 3. The molecule has 1 N–H and O–H groups in total. The highest BCUT2D eigenvalue weighted by atomic mass is 19.4. The second-order valence-electron chi connectivity index (χ2n) is 6.25. The zero-order valence-corrected chi connectivity index (χ0v) is 15.9. The number of amides is 1. The number of ether oxygens (including phenoxy) is 2. The Kier molecular flexibility index (Phi) is 6.41. The molecule has 0 atom stereocenters. The molecule has 1 aromatic heterocycles. The van der Waals surface area contributed by atoms with Gasteiger partial charge in [-0.2, -0.15) is 13.2 Å². The third-order valence-electron chi connectivity index (χ3n) is 4.14. The Morgan fingerprint density at radius 2 is 1.87 bits per heavy atom. The van der Waals surface area contributed by atoms with Gasteiger partial charge in [0.2, 0.25) is 5.76 Å². The van der Waals surface area contributed by atoms with Crippen LogP contribution < -0.4 is 5.32 Å². The Bertz CT molecular complexity index is 1060. The van der Waals surface area contributed by atoms with Crippen molar-refractivity contribution >= 4 is 28.5 Å². The molecule has 0 aliphatic carbocycles. The zero-order chi connectivity index (χ0) is 21.7. The Morgan fingerprint density at radius 3 is 2.60 bits per heavy atom. The highest BCUT2D eigenvalue weighted by molar-refractivity contribution is 5.98. The van der Waals surface area contributed by atoms with E-state index in [2.05, 4.69) is 5.32 Å². The van der Waals surface area contributed by atoms with Crippen LogP contribution in [0.15, 0.2) is 52.9 Å². The topological polar surface area (TPSA) is 77.8 Å². The average molecular weight is 421 g/mol. The van der Waals surface area contributed by atoms with Gasteiger partial charge in [0.1, 0.15) is 5.58 Å². The van der Waals surface area contributed by atoms with Crippen LogP contribution >= 0.6 is 0 Å². The lowest BCUT2D eigenvalue weighted by molar-refractivity contribution is -0.137. The van der Waals surface area contributed by atoms with E-state index in [0.29, 0.717) is 23.1 Å². The van der Waals surface area contributed by atoms with Gasteiger partial charge in [-0.1, -0.05) is 24.3 Å². The van der Waals surface area contributed by atoms with Crippen molar-refractivity contribution in [2.45, 2.75) is 19.7 Å². The molecule has 3 rings (SSSR count). The standard InChI is InChI=1S/C21H18F3NO5/c1-2-28-11-16-15-8-3-4-9-17(15)30-19(16)20(27)29-12-18(26)25-14-7-5-6-13(10-14)21(22,23)24/h3-10H,2,11-12H2,1H3,(H,25,26). The van der Waals surface area contributed by atoms with Crippen molar-refractivity contribution in [1.29, 1.82) is 0 Å². The zero-order valence-electron chi connectivity index (χ0n) is 15.9. The summed E-state index contributed by atoms with van der Waals surface area (Å²) < 4.78 is 54.2. The summed E-state index contributed by atoms with van der Waals surface area (Å²) in [6.07, 6.45) is -4.54. The van der Waals surface area contributed by atoms with E-state index in [0.717, 1.165) is 12.1 Å². The highest BCUT2D eigenvalue weighted by Crippen LogP contribution is 2.31. The number of nitrogens with one attached hydrogen (secondary N) is 1. The first kappa shape index (κ1) is 21.4. The Morgan fingerprint density at radius 1 is 1.10 bits per heavy atom. The van der Waals surface area contributed by atoms with E-state index in [4.69, 9.17) is 13.9 Å². The normalized spacial score (nSPS) is 11.5. The van der Waals surface area contributed by atoms with Crippen LogP contribution in [0.4, 0.5) is 18.9 Å². The van der Waals surface area contributed by atoms with Crippen molar-refractivity contribution in [2.75, 3.05) is 18.5 Å². The number of esters is 1. The fourth-order valence-corrected chi connectivity index (χ4v) is 2.78. The van der Waals surface area contributed by atoms with Gasteiger partial charge in [0.05, 0.1) is 12.2 Å². The highest BCUT2D eigenvalue weighted by Gasteiger charge is 2.30. The molecule has 158 valence electrons. The summed E-state index contributed by atoms with van der Waals surface area (Å²) in [7, 11) is 0. The Labute approximate surface area is 169 Å². The van der Waals surface area contributed by atoms with Crippen LogP contribution in [-0.2, 0) is 27.1 Å². The molecule has 30 heavy (non-hydrogen) atoms. The molecule has 2 aromatic carbocycles. The molecule has 9 heteroatoms. The predicted octanol–water partition coefficient (Wildman–Crippen LogP) is 4.78. The molecule has 0 radical (unpaired) electrons. The van der Waals surface area contributed by atoms with Gasteiger partial charge in [0.15, 0.2) is 6.61 Å². The van der Waals surface area contributed by atoms with Crippen molar-refractivity contribution in [3.05, 3.63) is 65.4 Å². The summed E-state index contributed by atoms with van der Waals surface area (Å²) >= 11 is 0. The number of halogens is 3. The van der Waals surface area contributed by atoms with E-state index in [1.165, 1.54) is 12.1 Å². The largest absolute Gasteiger partial charge is 0.450 e. The monoisotopic (exact) mass is 421 g/mol. The van der Waals surface area contributed by atoms with Crippen LogP contribution in [0, 0.1) is 0 Å². The van der Waals surface area contributed by atoms with Crippen LogP contribution in [0.3, 0.4) is 0 Å². The smallest absolute Gasteiger partial charge is 0.416 e. The molecule has 6 nitrogen and oxygen atoms in total. The number of anilines is 1. The Hall–Kier alpha value is -3.33. The second kappa shape index (κ2) is 9.00. The maximum atomic E-state index is 12.8. The lowest BCUT2D eigenvalue weighted by atomic mass is 10.1. The number of benzene rings is 2. The molecule has 1 amide bonds. The number of hydrogen-bond acceptors (Lipinski definition) is 5. The van der Waals surface area contributed by atoms with Gasteiger partial charge < -0.3 is 19.2 Å². The maximum Gasteiger partial charge on any atom is 0.416 e. The van der Waals surface area contributed by atoms with E-state index >= 15 is 0 Å². The predicted molar refractivity (Wildman–Crippen MR) is 102 cm³/mol. The molecule has 0 spiro atoms. The minimum absolute atomic E-state index is 0.0633. The van der Waals surface area contributed by atoms with Gasteiger partial charge in [-0.05, 0) is 31.2 Å². The summed E-state index contributed by atoms with van der Waals surface area (Å²) in [5.74, 6) is -1.75. The van der Waals surface area contributed by atoms with Gasteiger partial charge in [0.25, 0.3) is 5.91 Å². The molecule has 0 aliphatic rings. The molecule has 0 saturated carbocycles. The molecule has 0 saturated heterocycles. The van der Waals surface area contributed by atoms with Crippen molar-refractivity contribution in [2.24, 2.45) is 0 Å². The molecule has 0 aliphatic heterocycles. The minimum Gasteiger partial charge on any atom is -0.450 e. The van der Waals surface area contributed by atoms with Crippen molar-refractivity contribution in [1.82, 2.24) is 0 Å². The number of para-hydroxylation sites is 1. The lowest BCUT2D eigenvalue weighted by Crippen LogP contribution is -2.21. The molecule has 0 bridgehead atoms. The summed E-state index contributed by atoms with van der Waals surface area (Å²) in [6.45, 7) is 1.65.